The van der Waals surface area contributed by atoms with Gasteiger partial charge in [-0.1, -0.05) is 11.8 Å². The van der Waals surface area contributed by atoms with Crippen molar-refractivity contribution in [3.63, 3.8) is 0 Å². The van der Waals surface area contributed by atoms with Gasteiger partial charge in [-0.15, -0.1) is 11.3 Å². The number of aryl methyl sites for hydroxylation is 2. The summed E-state index contributed by atoms with van der Waals surface area (Å²) in [6.07, 6.45) is -0.506. The highest BCUT2D eigenvalue weighted by Crippen LogP contribution is 2.30. The van der Waals surface area contributed by atoms with Crippen LogP contribution in [0.1, 0.15) is 37.0 Å². The van der Waals surface area contributed by atoms with Gasteiger partial charge in [0, 0.05) is 35.5 Å². The summed E-state index contributed by atoms with van der Waals surface area (Å²) in [4.78, 5) is 24.9. The van der Waals surface area contributed by atoms with Gasteiger partial charge in [0.1, 0.15) is 11.4 Å². The van der Waals surface area contributed by atoms with E-state index in [0.29, 0.717) is 24.8 Å². The average Bonchev–Trinajstić information content (AvgIpc) is 2.97. The molecule has 3 rings (SSSR count). The van der Waals surface area contributed by atoms with Gasteiger partial charge in [0.2, 0.25) is 0 Å². The maximum atomic E-state index is 12.2. The lowest BCUT2D eigenvalue weighted by Crippen LogP contribution is -2.36. The van der Waals surface area contributed by atoms with Gasteiger partial charge in [-0.2, -0.15) is 0 Å². The molecule has 1 saturated heterocycles. The van der Waals surface area contributed by atoms with Crippen molar-refractivity contribution in [1.29, 1.82) is 0 Å². The van der Waals surface area contributed by atoms with Crippen molar-refractivity contribution in [2.24, 2.45) is 0 Å². The molecule has 1 aliphatic heterocycles. The summed E-state index contributed by atoms with van der Waals surface area (Å²) >= 11 is 3.35. The number of aromatic nitrogens is 2. The van der Waals surface area contributed by atoms with E-state index in [9.17, 15) is 4.79 Å². The maximum absolute atomic E-state index is 12.2. The number of nitrogens with one attached hydrogen (secondary N) is 1. The highest BCUT2D eigenvalue weighted by atomic mass is 32.2. The number of hydrogen-bond donors (Lipinski definition) is 1. The monoisotopic (exact) mass is 436 g/mol. The minimum absolute atomic E-state index is 0.491. The van der Waals surface area contributed by atoms with Gasteiger partial charge in [-0.05, 0) is 40.7 Å². The Kier molecular flexibility index (Phi) is 7.02. The molecule has 1 fully saturated rings. The third kappa shape index (κ3) is 6.58. The number of hydrogen-bond acceptors (Lipinski definition) is 8. The second-order valence-corrected chi connectivity index (χ2v) is 10.3. The van der Waals surface area contributed by atoms with Crippen LogP contribution in [-0.4, -0.2) is 48.0 Å². The lowest BCUT2D eigenvalue weighted by atomic mass is 10.2. The number of thiazole rings is 1. The van der Waals surface area contributed by atoms with Crippen LogP contribution in [-0.2, 0) is 15.2 Å². The number of anilines is 2. The van der Waals surface area contributed by atoms with Crippen molar-refractivity contribution >= 4 is 40.7 Å². The largest absolute Gasteiger partial charge is 0.444 e. The standard InChI is InChI=1S/C20H28N4O3S2/c1-13-14(2)29-19(21-13)28-12-15-10-16(24-6-8-26-9-7-24)11-17(22-15)23-18(25)27-20(3,4)5/h10-11H,6-9,12H2,1-5H3,(H,22,23,25). The van der Waals surface area contributed by atoms with Crippen LogP contribution < -0.4 is 10.2 Å². The summed E-state index contributed by atoms with van der Waals surface area (Å²) in [6.45, 7) is 12.6. The van der Waals surface area contributed by atoms with Crippen LogP contribution in [0.3, 0.4) is 0 Å². The van der Waals surface area contributed by atoms with Crippen molar-refractivity contribution in [2.45, 2.75) is 50.3 Å². The number of thioether (sulfide) groups is 1. The van der Waals surface area contributed by atoms with Crippen molar-refractivity contribution in [2.75, 3.05) is 36.5 Å². The molecule has 0 bridgehead atoms. The first-order valence-corrected chi connectivity index (χ1v) is 11.4. The fourth-order valence-electron chi connectivity index (χ4n) is 2.76. The second kappa shape index (κ2) is 9.32. The van der Waals surface area contributed by atoms with E-state index in [1.54, 1.807) is 23.1 Å². The highest BCUT2D eigenvalue weighted by molar-refractivity contribution is 8.00. The van der Waals surface area contributed by atoms with E-state index in [1.165, 1.54) is 4.88 Å². The molecule has 0 unspecified atom stereocenters. The summed E-state index contributed by atoms with van der Waals surface area (Å²) in [7, 11) is 0. The molecular weight excluding hydrogens is 408 g/mol. The van der Waals surface area contributed by atoms with Crippen LogP contribution >= 0.6 is 23.1 Å². The van der Waals surface area contributed by atoms with Gasteiger partial charge in [0.25, 0.3) is 0 Å². The summed E-state index contributed by atoms with van der Waals surface area (Å²) in [5, 5.41) is 2.78. The van der Waals surface area contributed by atoms with E-state index in [-0.39, 0.29) is 0 Å². The van der Waals surface area contributed by atoms with Crippen molar-refractivity contribution in [3.05, 3.63) is 28.4 Å². The Morgan fingerprint density at radius 2 is 2.00 bits per heavy atom. The first-order valence-electron chi connectivity index (χ1n) is 9.60. The number of nitrogens with zero attached hydrogens (tertiary/aromatic N) is 3. The first-order chi connectivity index (χ1) is 13.7. The molecule has 3 heterocycles. The molecule has 7 nitrogen and oxygen atoms in total. The Hall–Kier alpha value is -1.84. The quantitative estimate of drug-likeness (QED) is 0.685. The molecule has 1 aliphatic rings. The molecule has 1 N–H and O–H groups in total. The van der Waals surface area contributed by atoms with Crippen LogP contribution in [0.15, 0.2) is 16.5 Å². The number of carbonyl (C=O) groups excluding carboxylic acids is 1. The molecule has 0 radical (unpaired) electrons. The smallest absolute Gasteiger partial charge is 0.413 e. The Balaban J connectivity index is 1.78. The molecule has 1 amide bonds. The molecule has 0 aliphatic carbocycles. The van der Waals surface area contributed by atoms with Crippen LogP contribution in [0, 0.1) is 13.8 Å². The molecule has 9 heteroatoms. The number of morpholine rings is 1. The fourth-order valence-corrected chi connectivity index (χ4v) is 4.81. The molecule has 2 aromatic heterocycles. The summed E-state index contributed by atoms with van der Waals surface area (Å²) in [5.41, 5.74) is 2.41. The van der Waals surface area contributed by atoms with Gasteiger partial charge in [0.15, 0.2) is 4.34 Å². The van der Waals surface area contributed by atoms with Crippen LogP contribution in [0.4, 0.5) is 16.3 Å². The number of carbonyl (C=O) groups is 1. The molecule has 0 aromatic carbocycles. The lowest BCUT2D eigenvalue weighted by Gasteiger charge is -2.29. The van der Waals surface area contributed by atoms with E-state index in [2.05, 4.69) is 33.2 Å². The van der Waals surface area contributed by atoms with Gasteiger partial charge in [0.05, 0.1) is 24.6 Å². The molecule has 158 valence electrons. The van der Waals surface area contributed by atoms with Gasteiger partial charge in [-0.3, -0.25) is 5.32 Å². The zero-order valence-electron chi connectivity index (χ0n) is 17.6. The summed E-state index contributed by atoms with van der Waals surface area (Å²) < 4.78 is 11.9. The number of rotatable bonds is 5. The summed E-state index contributed by atoms with van der Waals surface area (Å²) in [5.74, 6) is 1.17. The van der Waals surface area contributed by atoms with Crippen LogP contribution in [0.2, 0.25) is 0 Å². The third-order valence-electron chi connectivity index (χ3n) is 4.22. The highest BCUT2D eigenvalue weighted by Gasteiger charge is 2.19. The Morgan fingerprint density at radius 1 is 1.28 bits per heavy atom. The number of ether oxygens (including phenoxy) is 2. The maximum Gasteiger partial charge on any atom is 0.413 e. The molecule has 29 heavy (non-hydrogen) atoms. The lowest BCUT2D eigenvalue weighted by molar-refractivity contribution is 0.0635. The predicted molar refractivity (Wildman–Crippen MR) is 118 cm³/mol. The van der Waals surface area contributed by atoms with E-state index < -0.39 is 11.7 Å². The first kappa shape index (κ1) is 21.9. The average molecular weight is 437 g/mol. The minimum Gasteiger partial charge on any atom is -0.444 e. The van der Waals surface area contributed by atoms with E-state index in [0.717, 1.165) is 34.5 Å². The molecular formula is C20H28N4O3S2. The van der Waals surface area contributed by atoms with Crippen molar-refractivity contribution in [3.8, 4) is 0 Å². The zero-order valence-corrected chi connectivity index (χ0v) is 19.2. The van der Waals surface area contributed by atoms with Gasteiger partial charge < -0.3 is 14.4 Å². The molecule has 0 saturated carbocycles. The second-order valence-electron chi connectivity index (χ2n) is 7.84. The number of pyridine rings is 1. The minimum atomic E-state index is -0.564. The van der Waals surface area contributed by atoms with E-state index in [1.807, 2.05) is 33.8 Å². The Bertz CT molecular complexity index is 838. The summed E-state index contributed by atoms with van der Waals surface area (Å²) in [6, 6.07) is 3.97. The predicted octanol–water partition coefficient (Wildman–Crippen LogP) is 4.63. The van der Waals surface area contributed by atoms with Gasteiger partial charge >= 0.3 is 6.09 Å². The van der Waals surface area contributed by atoms with Crippen molar-refractivity contribution < 1.29 is 14.3 Å². The van der Waals surface area contributed by atoms with Gasteiger partial charge in [-0.25, -0.2) is 14.8 Å². The molecule has 0 atom stereocenters. The van der Waals surface area contributed by atoms with E-state index in [4.69, 9.17) is 9.47 Å². The topological polar surface area (TPSA) is 76.6 Å². The van der Waals surface area contributed by atoms with Crippen molar-refractivity contribution in [1.82, 2.24) is 9.97 Å². The number of amides is 1. The zero-order chi connectivity index (χ0) is 21.0. The third-order valence-corrected chi connectivity index (χ3v) is 6.47. The Labute approximate surface area is 180 Å². The van der Waals surface area contributed by atoms with Crippen LogP contribution in [0.25, 0.3) is 0 Å². The Morgan fingerprint density at radius 3 is 2.62 bits per heavy atom. The molecule has 0 spiro atoms. The van der Waals surface area contributed by atoms with E-state index >= 15 is 0 Å². The SMILES string of the molecule is Cc1nc(SCc2cc(N3CCOCC3)cc(NC(=O)OC(C)(C)C)n2)sc1C. The fraction of sp³-hybridized carbons (Fsp3) is 0.550. The normalized spacial score (nSPS) is 14.7. The van der Waals surface area contributed by atoms with Crippen LogP contribution in [0.5, 0.6) is 0 Å². The molecule has 2 aromatic rings.